The fraction of sp³-hybridized carbons (Fsp3) is 0.286. The Morgan fingerprint density at radius 2 is 2.45 bits per heavy atom. The van der Waals surface area contributed by atoms with Gasteiger partial charge in [0.2, 0.25) is 0 Å². The molecule has 0 saturated carbocycles. The molecule has 1 aromatic rings. The van der Waals surface area contributed by atoms with Crippen molar-refractivity contribution >= 4 is 15.9 Å². The molecule has 58 valence electrons. The van der Waals surface area contributed by atoms with Crippen LogP contribution in [0, 0.1) is 5.53 Å². The predicted molar refractivity (Wildman–Crippen MR) is 45.5 cm³/mol. The van der Waals surface area contributed by atoms with Gasteiger partial charge in [-0.3, -0.25) is 4.98 Å². The molecule has 3 nitrogen and oxygen atoms in total. The standard InChI is InChI=1S/C7H8BrN3/c1-5(11-9)7-4-6(8)2-3-10-7/h2-5,9H,1H3. The predicted octanol–water partition coefficient (Wildman–Crippen LogP) is 2.94. The molecule has 1 atom stereocenters. The van der Waals surface area contributed by atoms with Crippen LogP contribution in [0.5, 0.6) is 0 Å². The molecule has 1 N–H and O–H groups in total. The van der Waals surface area contributed by atoms with Gasteiger partial charge in [-0.05, 0) is 19.1 Å². The zero-order valence-corrected chi connectivity index (χ0v) is 7.67. The molecule has 0 radical (unpaired) electrons. The molecule has 1 aromatic heterocycles. The lowest BCUT2D eigenvalue weighted by Gasteiger charge is -2.02. The number of halogens is 1. The zero-order chi connectivity index (χ0) is 8.27. The molecule has 0 aliphatic rings. The van der Waals surface area contributed by atoms with Gasteiger partial charge in [-0.2, -0.15) is 5.11 Å². The summed E-state index contributed by atoms with van der Waals surface area (Å²) < 4.78 is 0.970. The third-order valence-electron chi connectivity index (χ3n) is 1.36. The summed E-state index contributed by atoms with van der Waals surface area (Å²) in [4.78, 5) is 4.07. The van der Waals surface area contributed by atoms with E-state index in [4.69, 9.17) is 5.53 Å². The minimum absolute atomic E-state index is 0.146. The second kappa shape index (κ2) is 3.57. The average molecular weight is 214 g/mol. The molecule has 0 aromatic carbocycles. The van der Waals surface area contributed by atoms with Crippen molar-refractivity contribution in [3.63, 3.8) is 0 Å². The normalized spacial score (nSPS) is 12.5. The molecule has 0 spiro atoms. The lowest BCUT2D eigenvalue weighted by molar-refractivity contribution is 0.709. The first-order valence-corrected chi connectivity index (χ1v) is 4.01. The van der Waals surface area contributed by atoms with Gasteiger partial charge in [0.25, 0.3) is 0 Å². The summed E-state index contributed by atoms with van der Waals surface area (Å²) in [6.07, 6.45) is 1.70. The van der Waals surface area contributed by atoms with Gasteiger partial charge < -0.3 is 0 Å². The molecule has 4 heteroatoms. The van der Waals surface area contributed by atoms with Crippen molar-refractivity contribution in [3.05, 3.63) is 28.5 Å². The highest BCUT2D eigenvalue weighted by Gasteiger charge is 2.03. The fourth-order valence-corrected chi connectivity index (χ4v) is 1.07. The summed E-state index contributed by atoms with van der Waals surface area (Å²) in [5.41, 5.74) is 7.60. The van der Waals surface area contributed by atoms with E-state index in [0.717, 1.165) is 10.2 Å². The van der Waals surface area contributed by atoms with Gasteiger partial charge in [0.15, 0.2) is 0 Å². The van der Waals surface area contributed by atoms with Crippen LogP contribution in [-0.2, 0) is 0 Å². The van der Waals surface area contributed by atoms with Crippen LogP contribution in [0.2, 0.25) is 0 Å². The molecule has 0 fully saturated rings. The van der Waals surface area contributed by atoms with E-state index in [1.54, 1.807) is 6.20 Å². The van der Waals surface area contributed by atoms with Crippen LogP contribution in [0.15, 0.2) is 27.9 Å². The Labute approximate surface area is 73.5 Å². The Kier molecular flexibility index (Phi) is 2.70. The van der Waals surface area contributed by atoms with Gasteiger partial charge in [-0.15, -0.1) is 0 Å². The monoisotopic (exact) mass is 213 g/mol. The largest absolute Gasteiger partial charge is 0.259 e. The molecule has 0 amide bonds. The minimum Gasteiger partial charge on any atom is -0.259 e. The van der Waals surface area contributed by atoms with Gasteiger partial charge in [-0.25, -0.2) is 5.53 Å². The van der Waals surface area contributed by atoms with E-state index in [1.807, 2.05) is 19.1 Å². The Hall–Kier alpha value is -0.770. The average Bonchev–Trinajstić information content (AvgIpc) is 2.03. The molecule has 1 heterocycles. The molecule has 0 bridgehead atoms. The van der Waals surface area contributed by atoms with Crippen LogP contribution < -0.4 is 0 Å². The summed E-state index contributed by atoms with van der Waals surface area (Å²) in [5.74, 6) is 0. The van der Waals surface area contributed by atoms with Crippen LogP contribution in [0.4, 0.5) is 0 Å². The van der Waals surface area contributed by atoms with Crippen molar-refractivity contribution in [2.75, 3.05) is 0 Å². The lowest BCUT2D eigenvalue weighted by atomic mass is 10.2. The number of nitrogens with zero attached hydrogens (tertiary/aromatic N) is 2. The lowest BCUT2D eigenvalue weighted by Crippen LogP contribution is -1.91. The molecular weight excluding hydrogens is 206 g/mol. The number of hydrogen-bond donors (Lipinski definition) is 1. The van der Waals surface area contributed by atoms with Crippen molar-refractivity contribution in [3.8, 4) is 0 Å². The maximum atomic E-state index is 6.79. The smallest absolute Gasteiger partial charge is 0.110 e. The first-order chi connectivity index (χ1) is 5.24. The zero-order valence-electron chi connectivity index (χ0n) is 6.08. The number of pyridine rings is 1. The van der Waals surface area contributed by atoms with E-state index >= 15 is 0 Å². The molecule has 0 aliphatic carbocycles. The van der Waals surface area contributed by atoms with Crippen LogP contribution in [-0.4, -0.2) is 4.98 Å². The topological polar surface area (TPSA) is 49.1 Å². The molecule has 0 aliphatic heterocycles. The van der Waals surface area contributed by atoms with Crippen molar-refractivity contribution in [2.24, 2.45) is 5.11 Å². The second-order valence-corrected chi connectivity index (χ2v) is 3.12. The van der Waals surface area contributed by atoms with Crippen molar-refractivity contribution < 1.29 is 0 Å². The Morgan fingerprint density at radius 3 is 3.00 bits per heavy atom. The minimum atomic E-state index is -0.146. The summed E-state index contributed by atoms with van der Waals surface area (Å²) >= 11 is 3.32. The Bertz CT molecular complexity index is 262. The quantitative estimate of drug-likeness (QED) is 0.756. The number of rotatable bonds is 2. The summed E-state index contributed by atoms with van der Waals surface area (Å²) in [7, 11) is 0. The van der Waals surface area contributed by atoms with Crippen LogP contribution in [0.25, 0.3) is 0 Å². The third-order valence-corrected chi connectivity index (χ3v) is 1.86. The summed E-state index contributed by atoms with van der Waals surface area (Å²) in [6.45, 7) is 1.84. The van der Waals surface area contributed by atoms with E-state index < -0.39 is 0 Å². The van der Waals surface area contributed by atoms with Gasteiger partial charge in [-0.1, -0.05) is 15.9 Å². The van der Waals surface area contributed by atoms with E-state index in [-0.39, 0.29) is 6.04 Å². The van der Waals surface area contributed by atoms with Crippen molar-refractivity contribution in [1.82, 2.24) is 4.98 Å². The van der Waals surface area contributed by atoms with E-state index in [9.17, 15) is 0 Å². The highest BCUT2D eigenvalue weighted by atomic mass is 79.9. The van der Waals surface area contributed by atoms with Crippen molar-refractivity contribution in [1.29, 1.82) is 5.53 Å². The van der Waals surface area contributed by atoms with Crippen LogP contribution in [0.3, 0.4) is 0 Å². The van der Waals surface area contributed by atoms with Crippen molar-refractivity contribution in [2.45, 2.75) is 13.0 Å². The second-order valence-electron chi connectivity index (χ2n) is 2.20. The number of aromatic nitrogens is 1. The highest BCUT2D eigenvalue weighted by Crippen LogP contribution is 2.17. The van der Waals surface area contributed by atoms with Gasteiger partial charge in [0, 0.05) is 10.7 Å². The van der Waals surface area contributed by atoms with Crippen LogP contribution >= 0.6 is 15.9 Å². The third kappa shape index (κ3) is 2.08. The fourth-order valence-electron chi connectivity index (χ4n) is 0.716. The SMILES string of the molecule is CC(N=N)c1cc(Br)ccn1. The molecule has 0 saturated heterocycles. The van der Waals surface area contributed by atoms with E-state index in [0.29, 0.717) is 0 Å². The Morgan fingerprint density at radius 1 is 1.73 bits per heavy atom. The number of nitrogens with one attached hydrogen (secondary N) is 1. The molecular formula is C7H8BrN3. The van der Waals surface area contributed by atoms with E-state index in [1.165, 1.54) is 0 Å². The first-order valence-electron chi connectivity index (χ1n) is 3.22. The highest BCUT2D eigenvalue weighted by molar-refractivity contribution is 9.10. The summed E-state index contributed by atoms with van der Waals surface area (Å²) in [6, 6.07) is 3.57. The Balaban J connectivity index is 2.95. The van der Waals surface area contributed by atoms with Gasteiger partial charge in [0.05, 0.1) is 5.69 Å². The number of hydrogen-bond acceptors (Lipinski definition) is 3. The maximum absolute atomic E-state index is 6.79. The maximum Gasteiger partial charge on any atom is 0.110 e. The molecule has 11 heavy (non-hydrogen) atoms. The first kappa shape index (κ1) is 8.33. The molecule has 1 rings (SSSR count). The van der Waals surface area contributed by atoms with Gasteiger partial charge >= 0.3 is 0 Å². The van der Waals surface area contributed by atoms with Gasteiger partial charge in [0.1, 0.15) is 6.04 Å². The van der Waals surface area contributed by atoms with Crippen LogP contribution in [0.1, 0.15) is 18.7 Å². The summed E-state index contributed by atoms with van der Waals surface area (Å²) in [5, 5.41) is 3.37. The molecule has 1 unspecified atom stereocenters. The van der Waals surface area contributed by atoms with E-state index in [2.05, 4.69) is 26.0 Å².